The van der Waals surface area contributed by atoms with Crippen LogP contribution in [-0.4, -0.2) is 35.4 Å². The van der Waals surface area contributed by atoms with Crippen molar-refractivity contribution >= 4 is 28.8 Å². The fourth-order valence-corrected chi connectivity index (χ4v) is 1.90. The maximum Gasteiger partial charge on any atom is 0.314 e. The molecule has 0 aliphatic rings. The van der Waals surface area contributed by atoms with E-state index in [1.54, 1.807) is 20.8 Å². The van der Waals surface area contributed by atoms with Crippen LogP contribution in [0.15, 0.2) is 0 Å². The zero-order chi connectivity index (χ0) is 14.1. The average Bonchev–Trinajstić information content (AvgIpc) is 2.25. The minimum Gasteiger partial charge on any atom is -0.466 e. The molecule has 0 aromatic heterocycles. The van der Waals surface area contributed by atoms with Gasteiger partial charge in [-0.05, 0) is 6.92 Å². The van der Waals surface area contributed by atoms with Gasteiger partial charge in [-0.1, -0.05) is 32.5 Å². The number of carbonyl (C=O) groups excluding carboxylic acids is 3. The third-order valence-corrected chi connectivity index (χ3v) is 2.99. The zero-order valence-electron chi connectivity index (χ0n) is 11.3. The first kappa shape index (κ1) is 17.0. The summed E-state index contributed by atoms with van der Waals surface area (Å²) in [5, 5.41) is 2.44. The van der Waals surface area contributed by atoms with E-state index in [2.05, 4.69) is 10.1 Å². The summed E-state index contributed by atoms with van der Waals surface area (Å²) in [6, 6.07) is 0. The van der Waals surface area contributed by atoms with Crippen molar-refractivity contribution in [2.45, 2.75) is 39.4 Å². The van der Waals surface area contributed by atoms with Crippen LogP contribution in [0.3, 0.4) is 0 Å². The van der Waals surface area contributed by atoms with Crippen LogP contribution in [-0.2, 0) is 19.1 Å². The lowest BCUT2D eigenvalue weighted by Gasteiger charge is -2.12. The maximum atomic E-state index is 11.5. The van der Waals surface area contributed by atoms with Crippen LogP contribution in [0.25, 0.3) is 0 Å². The van der Waals surface area contributed by atoms with Gasteiger partial charge in [-0.2, -0.15) is 0 Å². The third-order valence-electron chi connectivity index (χ3n) is 2.01. The van der Waals surface area contributed by atoms with Gasteiger partial charge in [0.25, 0.3) is 0 Å². The SMILES string of the molecule is CCOC(=O)CC(=O)SC(C)CNC(=O)C(C)C. The molecule has 0 rings (SSSR count). The van der Waals surface area contributed by atoms with E-state index in [0.717, 1.165) is 11.8 Å². The first-order valence-electron chi connectivity index (χ1n) is 5.99. The summed E-state index contributed by atoms with van der Waals surface area (Å²) < 4.78 is 4.68. The van der Waals surface area contributed by atoms with E-state index in [4.69, 9.17) is 0 Å². The van der Waals surface area contributed by atoms with E-state index in [-0.39, 0.29) is 35.2 Å². The third kappa shape index (κ3) is 8.11. The lowest BCUT2D eigenvalue weighted by molar-refractivity contribution is -0.144. The summed E-state index contributed by atoms with van der Waals surface area (Å²) >= 11 is 1.05. The second-order valence-electron chi connectivity index (χ2n) is 4.18. The molecule has 1 atom stereocenters. The quantitative estimate of drug-likeness (QED) is 0.561. The van der Waals surface area contributed by atoms with Crippen LogP contribution in [0.4, 0.5) is 0 Å². The Kier molecular flexibility index (Phi) is 8.45. The summed E-state index contributed by atoms with van der Waals surface area (Å²) in [5.41, 5.74) is 0. The highest BCUT2D eigenvalue weighted by atomic mass is 32.2. The molecule has 1 amide bonds. The normalized spacial score (nSPS) is 12.1. The minimum atomic E-state index is -0.506. The molecule has 0 aromatic rings. The summed E-state index contributed by atoms with van der Waals surface area (Å²) in [5.74, 6) is -0.619. The summed E-state index contributed by atoms with van der Waals surface area (Å²) in [6.45, 7) is 7.82. The van der Waals surface area contributed by atoms with Gasteiger partial charge in [0.05, 0.1) is 6.61 Å². The lowest BCUT2D eigenvalue weighted by Crippen LogP contribution is -2.33. The highest BCUT2D eigenvalue weighted by Crippen LogP contribution is 2.13. The number of carbonyl (C=O) groups is 3. The molecule has 0 radical (unpaired) electrons. The lowest BCUT2D eigenvalue weighted by atomic mass is 10.2. The van der Waals surface area contributed by atoms with Crippen molar-refractivity contribution in [3.63, 3.8) is 0 Å². The molecule has 1 N–H and O–H groups in total. The standard InChI is InChI=1S/C12H21NO4S/c1-5-17-10(14)6-11(15)18-9(4)7-13-12(16)8(2)3/h8-9H,5-7H2,1-4H3,(H,13,16). The van der Waals surface area contributed by atoms with E-state index in [1.165, 1.54) is 0 Å². The van der Waals surface area contributed by atoms with Crippen LogP contribution in [0.5, 0.6) is 0 Å². The van der Waals surface area contributed by atoms with Gasteiger partial charge in [0.15, 0.2) is 5.12 Å². The van der Waals surface area contributed by atoms with Crippen molar-refractivity contribution in [2.24, 2.45) is 5.92 Å². The number of hydrogen-bond acceptors (Lipinski definition) is 5. The van der Waals surface area contributed by atoms with Crippen molar-refractivity contribution < 1.29 is 19.1 Å². The molecule has 0 saturated carbocycles. The Morgan fingerprint density at radius 1 is 1.22 bits per heavy atom. The summed E-state index contributed by atoms with van der Waals surface area (Å²) in [4.78, 5) is 33.8. The minimum absolute atomic E-state index is 0.0414. The molecule has 0 aliphatic carbocycles. The molecule has 18 heavy (non-hydrogen) atoms. The molecule has 0 aliphatic heterocycles. The van der Waals surface area contributed by atoms with Crippen LogP contribution in [0.1, 0.15) is 34.1 Å². The molecule has 0 saturated heterocycles. The molecule has 0 heterocycles. The fourth-order valence-electron chi connectivity index (χ4n) is 1.09. The van der Waals surface area contributed by atoms with E-state index in [9.17, 15) is 14.4 Å². The van der Waals surface area contributed by atoms with E-state index < -0.39 is 5.97 Å². The second kappa shape index (κ2) is 8.97. The Morgan fingerprint density at radius 2 is 1.83 bits per heavy atom. The van der Waals surface area contributed by atoms with Gasteiger partial charge in [-0.25, -0.2) is 0 Å². The van der Waals surface area contributed by atoms with Crippen molar-refractivity contribution in [1.29, 1.82) is 0 Å². The Balaban J connectivity index is 3.87. The predicted molar refractivity (Wildman–Crippen MR) is 71.2 cm³/mol. The van der Waals surface area contributed by atoms with Crippen LogP contribution >= 0.6 is 11.8 Å². The number of ether oxygens (including phenoxy) is 1. The molecular formula is C12H21NO4S. The summed E-state index contributed by atoms with van der Waals surface area (Å²) in [6.07, 6.45) is -0.221. The van der Waals surface area contributed by atoms with Crippen molar-refractivity contribution in [3.8, 4) is 0 Å². The summed E-state index contributed by atoms with van der Waals surface area (Å²) in [7, 11) is 0. The van der Waals surface area contributed by atoms with Gasteiger partial charge in [0.2, 0.25) is 5.91 Å². The number of thioether (sulfide) groups is 1. The molecule has 0 spiro atoms. The van der Waals surface area contributed by atoms with Gasteiger partial charge < -0.3 is 10.1 Å². The zero-order valence-corrected chi connectivity index (χ0v) is 12.1. The molecule has 5 nitrogen and oxygen atoms in total. The molecule has 0 fully saturated rings. The Bertz CT molecular complexity index is 304. The van der Waals surface area contributed by atoms with Crippen LogP contribution in [0, 0.1) is 5.92 Å². The number of nitrogens with one attached hydrogen (secondary N) is 1. The monoisotopic (exact) mass is 275 g/mol. The first-order valence-corrected chi connectivity index (χ1v) is 6.87. The molecule has 0 bridgehead atoms. The molecule has 0 aromatic carbocycles. The molecule has 1 unspecified atom stereocenters. The average molecular weight is 275 g/mol. The van der Waals surface area contributed by atoms with Crippen molar-refractivity contribution in [2.75, 3.05) is 13.2 Å². The van der Waals surface area contributed by atoms with Gasteiger partial charge in [0, 0.05) is 17.7 Å². The predicted octanol–water partition coefficient (Wildman–Crippen LogP) is 1.36. The Morgan fingerprint density at radius 3 is 2.33 bits per heavy atom. The highest BCUT2D eigenvalue weighted by Gasteiger charge is 2.16. The maximum absolute atomic E-state index is 11.5. The van der Waals surface area contributed by atoms with Gasteiger partial charge in [-0.3, -0.25) is 14.4 Å². The number of amides is 1. The van der Waals surface area contributed by atoms with Crippen LogP contribution in [0.2, 0.25) is 0 Å². The van der Waals surface area contributed by atoms with E-state index >= 15 is 0 Å². The topological polar surface area (TPSA) is 72.5 Å². The Hall–Kier alpha value is -1.04. The van der Waals surface area contributed by atoms with Crippen molar-refractivity contribution in [1.82, 2.24) is 5.32 Å². The fraction of sp³-hybridized carbons (Fsp3) is 0.750. The van der Waals surface area contributed by atoms with Crippen LogP contribution < -0.4 is 5.32 Å². The van der Waals surface area contributed by atoms with Gasteiger partial charge >= 0.3 is 5.97 Å². The Labute approximate surface area is 112 Å². The van der Waals surface area contributed by atoms with E-state index in [1.807, 2.05) is 6.92 Å². The second-order valence-corrected chi connectivity index (χ2v) is 5.68. The highest BCUT2D eigenvalue weighted by molar-refractivity contribution is 8.14. The largest absolute Gasteiger partial charge is 0.466 e. The van der Waals surface area contributed by atoms with E-state index in [0.29, 0.717) is 6.54 Å². The van der Waals surface area contributed by atoms with Gasteiger partial charge in [0.1, 0.15) is 6.42 Å². The van der Waals surface area contributed by atoms with Crippen molar-refractivity contribution in [3.05, 3.63) is 0 Å². The number of hydrogen-bond donors (Lipinski definition) is 1. The number of esters is 1. The first-order chi connectivity index (χ1) is 8.36. The molecular weight excluding hydrogens is 254 g/mol. The van der Waals surface area contributed by atoms with Gasteiger partial charge in [-0.15, -0.1) is 0 Å². The number of rotatable bonds is 7. The molecule has 104 valence electrons. The molecule has 6 heteroatoms. The smallest absolute Gasteiger partial charge is 0.314 e.